The Morgan fingerprint density at radius 3 is 2.55 bits per heavy atom. The molecular weight excluding hydrogens is 388 g/mol. The maximum atomic E-state index is 12.8. The molecule has 4 rings (SSSR count). The summed E-state index contributed by atoms with van der Waals surface area (Å²) in [7, 11) is -3.25. The molecule has 1 spiro atoms. The summed E-state index contributed by atoms with van der Waals surface area (Å²) in [6.07, 6.45) is 3.74. The smallest absolute Gasteiger partial charge is 0.252 e. The van der Waals surface area contributed by atoms with Crippen molar-refractivity contribution in [1.82, 2.24) is 10.2 Å². The van der Waals surface area contributed by atoms with Gasteiger partial charge in [-0.15, -0.1) is 0 Å². The molecule has 29 heavy (non-hydrogen) atoms. The van der Waals surface area contributed by atoms with Crippen LogP contribution in [0.3, 0.4) is 0 Å². The number of fused-ring (bicyclic) bond motifs is 1. The maximum absolute atomic E-state index is 12.8. The number of carbonyl (C=O) groups excluding carboxylic acids is 2. The van der Waals surface area contributed by atoms with Gasteiger partial charge in [0.1, 0.15) is 0 Å². The zero-order chi connectivity index (χ0) is 20.6. The number of benzene rings is 2. The molecule has 2 aromatic carbocycles. The molecule has 0 radical (unpaired) electrons. The first-order valence-electron chi connectivity index (χ1n) is 9.73. The molecule has 2 aromatic rings. The standard InChI is InChI=1S/C22H24N2O4S/c1-29(27,28)18-8-6-16(7-9-18)14-20(25)24-13-12-22(15-24)11-10-17-4-2-3-5-19(17)21(26)23-22/h2-9H,10-15H2,1H3,(H,23,26)/t22-/m0/s1. The van der Waals surface area contributed by atoms with E-state index in [0.29, 0.717) is 13.1 Å². The third-order valence-electron chi connectivity index (χ3n) is 5.93. The SMILES string of the molecule is CS(=O)(=O)c1ccc(CC(=O)N2CC[C@@]3(CCc4ccccc4C(=O)N3)C2)cc1. The minimum Gasteiger partial charge on any atom is -0.345 e. The summed E-state index contributed by atoms with van der Waals surface area (Å²) in [6.45, 7) is 1.11. The molecule has 1 fully saturated rings. The van der Waals surface area contributed by atoms with Crippen LogP contribution in [0.5, 0.6) is 0 Å². The first-order valence-corrected chi connectivity index (χ1v) is 11.6. The zero-order valence-electron chi connectivity index (χ0n) is 16.3. The van der Waals surface area contributed by atoms with Crippen LogP contribution < -0.4 is 5.32 Å². The van der Waals surface area contributed by atoms with E-state index in [1.807, 2.05) is 24.3 Å². The molecule has 2 aliphatic rings. The van der Waals surface area contributed by atoms with Crippen LogP contribution in [0.2, 0.25) is 0 Å². The summed E-state index contributed by atoms with van der Waals surface area (Å²) in [4.78, 5) is 27.5. The van der Waals surface area contributed by atoms with E-state index in [1.54, 1.807) is 17.0 Å². The number of nitrogens with one attached hydrogen (secondary N) is 1. The van der Waals surface area contributed by atoms with Gasteiger partial charge in [-0.05, 0) is 48.6 Å². The van der Waals surface area contributed by atoms with Crippen molar-refractivity contribution in [3.63, 3.8) is 0 Å². The van der Waals surface area contributed by atoms with Crippen molar-refractivity contribution in [2.75, 3.05) is 19.3 Å². The van der Waals surface area contributed by atoms with Crippen LogP contribution in [0.1, 0.15) is 34.3 Å². The second-order valence-electron chi connectivity index (χ2n) is 8.05. The van der Waals surface area contributed by atoms with Crippen LogP contribution in [0.15, 0.2) is 53.4 Å². The molecule has 7 heteroatoms. The highest BCUT2D eigenvalue weighted by atomic mass is 32.2. The maximum Gasteiger partial charge on any atom is 0.252 e. The molecule has 1 saturated heterocycles. The normalized spacial score (nSPS) is 21.6. The van der Waals surface area contributed by atoms with E-state index in [0.717, 1.165) is 42.2 Å². The van der Waals surface area contributed by atoms with Gasteiger partial charge >= 0.3 is 0 Å². The fourth-order valence-electron chi connectivity index (χ4n) is 4.24. The fraction of sp³-hybridized carbons (Fsp3) is 0.364. The first-order chi connectivity index (χ1) is 13.8. The van der Waals surface area contributed by atoms with E-state index < -0.39 is 9.84 Å². The minimum atomic E-state index is -3.25. The number of amides is 2. The lowest BCUT2D eigenvalue weighted by atomic mass is 9.91. The Morgan fingerprint density at radius 1 is 1.10 bits per heavy atom. The molecule has 1 N–H and O–H groups in total. The molecule has 0 aliphatic carbocycles. The zero-order valence-corrected chi connectivity index (χ0v) is 17.2. The van der Waals surface area contributed by atoms with Crippen LogP contribution in [0, 0.1) is 0 Å². The van der Waals surface area contributed by atoms with Crippen LogP contribution in [-0.4, -0.2) is 50.0 Å². The Balaban J connectivity index is 1.43. The highest BCUT2D eigenvalue weighted by Gasteiger charge is 2.42. The first kappa shape index (κ1) is 19.6. The summed E-state index contributed by atoms with van der Waals surface area (Å²) in [5.74, 6) is -0.0752. The van der Waals surface area contributed by atoms with Crippen LogP contribution >= 0.6 is 0 Å². The molecule has 2 aliphatic heterocycles. The largest absolute Gasteiger partial charge is 0.345 e. The predicted molar refractivity (Wildman–Crippen MR) is 109 cm³/mol. The number of aryl methyl sites for hydroxylation is 1. The molecule has 0 unspecified atom stereocenters. The molecule has 0 aromatic heterocycles. The molecule has 2 heterocycles. The van der Waals surface area contributed by atoms with E-state index in [9.17, 15) is 18.0 Å². The molecular formula is C22H24N2O4S. The summed E-state index contributed by atoms with van der Waals surface area (Å²) in [6, 6.07) is 14.1. The third-order valence-corrected chi connectivity index (χ3v) is 7.06. The topological polar surface area (TPSA) is 83.6 Å². The van der Waals surface area contributed by atoms with E-state index in [2.05, 4.69) is 5.32 Å². The quantitative estimate of drug-likeness (QED) is 0.836. The monoisotopic (exact) mass is 412 g/mol. The average Bonchev–Trinajstić information content (AvgIpc) is 3.04. The Morgan fingerprint density at radius 2 is 1.83 bits per heavy atom. The van der Waals surface area contributed by atoms with Crippen LogP contribution in [-0.2, 0) is 27.5 Å². The minimum absolute atomic E-state index is 0.00927. The van der Waals surface area contributed by atoms with Crippen LogP contribution in [0.4, 0.5) is 0 Å². The van der Waals surface area contributed by atoms with Gasteiger partial charge in [0.25, 0.3) is 5.91 Å². The van der Waals surface area contributed by atoms with E-state index in [-0.39, 0.29) is 28.7 Å². The fourth-order valence-corrected chi connectivity index (χ4v) is 4.87. The molecule has 0 bridgehead atoms. The summed E-state index contributed by atoms with van der Waals surface area (Å²) < 4.78 is 23.1. The molecule has 152 valence electrons. The molecule has 1 atom stereocenters. The summed E-state index contributed by atoms with van der Waals surface area (Å²) >= 11 is 0. The second-order valence-corrected chi connectivity index (χ2v) is 10.1. The van der Waals surface area contributed by atoms with Crippen molar-refractivity contribution in [2.24, 2.45) is 0 Å². The van der Waals surface area contributed by atoms with Gasteiger partial charge in [-0.25, -0.2) is 8.42 Å². The number of rotatable bonds is 3. The Hall–Kier alpha value is -2.67. The van der Waals surface area contributed by atoms with Crippen molar-refractivity contribution in [1.29, 1.82) is 0 Å². The number of hydrogen-bond donors (Lipinski definition) is 1. The summed E-state index contributed by atoms with van der Waals surface area (Å²) in [5, 5.41) is 3.18. The lowest BCUT2D eigenvalue weighted by Crippen LogP contribution is -2.50. The number of carbonyl (C=O) groups is 2. The predicted octanol–water partition coefficient (Wildman–Crippen LogP) is 1.98. The molecule has 2 amide bonds. The van der Waals surface area contributed by atoms with Gasteiger partial charge < -0.3 is 10.2 Å². The Labute approximate surface area is 170 Å². The van der Waals surface area contributed by atoms with Crippen molar-refractivity contribution in [3.05, 3.63) is 65.2 Å². The summed E-state index contributed by atoms with van der Waals surface area (Å²) in [5.41, 5.74) is 2.17. The highest BCUT2D eigenvalue weighted by molar-refractivity contribution is 7.90. The van der Waals surface area contributed by atoms with E-state index in [4.69, 9.17) is 0 Å². The molecule has 0 saturated carbocycles. The third kappa shape index (κ3) is 4.05. The van der Waals surface area contributed by atoms with Gasteiger partial charge in [0.2, 0.25) is 5.91 Å². The van der Waals surface area contributed by atoms with Gasteiger partial charge in [0, 0.05) is 24.9 Å². The van der Waals surface area contributed by atoms with E-state index in [1.165, 1.54) is 12.1 Å². The van der Waals surface area contributed by atoms with Gasteiger partial charge in [0.05, 0.1) is 16.9 Å². The average molecular weight is 413 g/mol. The second kappa shape index (κ2) is 7.30. The van der Waals surface area contributed by atoms with Gasteiger partial charge in [-0.3, -0.25) is 9.59 Å². The number of hydrogen-bond acceptors (Lipinski definition) is 4. The Kier molecular flexibility index (Phi) is 4.94. The van der Waals surface area contributed by atoms with Crippen molar-refractivity contribution in [3.8, 4) is 0 Å². The van der Waals surface area contributed by atoms with Gasteiger partial charge in [0.15, 0.2) is 9.84 Å². The highest BCUT2D eigenvalue weighted by Crippen LogP contribution is 2.31. The number of nitrogens with zero attached hydrogens (tertiary/aromatic N) is 1. The molecule has 6 nitrogen and oxygen atoms in total. The Bertz CT molecular complexity index is 1060. The van der Waals surface area contributed by atoms with E-state index >= 15 is 0 Å². The van der Waals surface area contributed by atoms with Crippen molar-refractivity contribution >= 4 is 21.7 Å². The lowest BCUT2D eigenvalue weighted by molar-refractivity contribution is -0.129. The van der Waals surface area contributed by atoms with Crippen molar-refractivity contribution in [2.45, 2.75) is 36.1 Å². The number of likely N-dealkylation sites (tertiary alicyclic amines) is 1. The van der Waals surface area contributed by atoms with Crippen molar-refractivity contribution < 1.29 is 18.0 Å². The van der Waals surface area contributed by atoms with Gasteiger partial charge in [-0.1, -0.05) is 30.3 Å². The van der Waals surface area contributed by atoms with Crippen LogP contribution in [0.25, 0.3) is 0 Å². The van der Waals surface area contributed by atoms with Gasteiger partial charge in [-0.2, -0.15) is 0 Å². The number of sulfone groups is 1. The lowest BCUT2D eigenvalue weighted by Gasteiger charge is -2.29.